The second-order valence-electron chi connectivity index (χ2n) is 6.40. The molecular weight excluding hydrogens is 355 g/mol. The van der Waals surface area contributed by atoms with Crippen LogP contribution in [0, 0.1) is 17.0 Å². The highest BCUT2D eigenvalue weighted by molar-refractivity contribution is 7.55. The van der Waals surface area contributed by atoms with Gasteiger partial charge in [0.15, 0.2) is 0 Å². The highest BCUT2D eigenvalue weighted by Crippen LogP contribution is 2.54. The van der Waals surface area contributed by atoms with Gasteiger partial charge in [-0.2, -0.15) is 0 Å². The van der Waals surface area contributed by atoms with E-state index < -0.39 is 18.5 Å². The van der Waals surface area contributed by atoms with Gasteiger partial charge in [0.1, 0.15) is 5.75 Å². The average Bonchev–Trinajstić information content (AvgIpc) is 3.42. The number of hydrogen-bond donors (Lipinski definition) is 0. The molecule has 2 aromatic carbocycles. The Balaban J connectivity index is 1.86. The molecule has 1 heterocycles. The average molecular weight is 376 g/mol. The van der Waals surface area contributed by atoms with Gasteiger partial charge in [-0.05, 0) is 43.7 Å². The molecule has 0 N–H and O–H groups in total. The van der Waals surface area contributed by atoms with Crippen molar-refractivity contribution in [3.8, 4) is 11.5 Å². The van der Waals surface area contributed by atoms with Crippen LogP contribution in [0.1, 0.15) is 24.2 Å². The summed E-state index contributed by atoms with van der Waals surface area (Å²) < 4.78 is 25.7. The molecule has 0 amide bonds. The predicted octanol–water partition coefficient (Wildman–Crippen LogP) is 4.91. The highest BCUT2D eigenvalue weighted by Gasteiger charge is 2.36. The third-order valence-electron chi connectivity index (χ3n) is 4.19. The third kappa shape index (κ3) is 4.30. The largest absolute Gasteiger partial charge is 0.450 e. The molecule has 0 aromatic heterocycles. The SMILES string of the molecule is Cc1ccc(Oc2cc(C(C)OP(C)(=O)N3CC3)ccc2[N+](=O)[O-])cc1. The monoisotopic (exact) mass is 376 g/mol. The Bertz CT molecular complexity index is 864. The number of ether oxygens (including phenoxy) is 1. The van der Waals surface area contributed by atoms with Crippen LogP contribution in [0.3, 0.4) is 0 Å². The number of rotatable bonds is 7. The van der Waals surface area contributed by atoms with E-state index in [2.05, 4.69) is 0 Å². The van der Waals surface area contributed by atoms with Gasteiger partial charge in [0.2, 0.25) is 5.75 Å². The predicted molar refractivity (Wildman–Crippen MR) is 99.0 cm³/mol. The number of aryl methyl sites for hydroxylation is 1. The molecule has 1 saturated heterocycles. The Kier molecular flexibility index (Phi) is 5.14. The Hall–Kier alpha value is -2.21. The molecule has 0 saturated carbocycles. The first-order valence-corrected chi connectivity index (χ1v) is 10.3. The summed E-state index contributed by atoms with van der Waals surface area (Å²) in [6.07, 6.45) is -0.479. The summed E-state index contributed by atoms with van der Waals surface area (Å²) in [6.45, 7) is 6.85. The fraction of sp³-hybridized carbons (Fsp3) is 0.333. The van der Waals surface area contributed by atoms with Crippen molar-refractivity contribution < 1.29 is 18.7 Å². The molecule has 2 atom stereocenters. The van der Waals surface area contributed by atoms with E-state index in [4.69, 9.17) is 9.26 Å². The number of nitro benzene ring substituents is 1. The van der Waals surface area contributed by atoms with Crippen LogP contribution >= 0.6 is 7.52 Å². The van der Waals surface area contributed by atoms with Gasteiger partial charge in [0, 0.05) is 25.8 Å². The summed E-state index contributed by atoms with van der Waals surface area (Å²) in [5.74, 6) is 0.638. The molecule has 1 fully saturated rings. The molecule has 7 nitrogen and oxygen atoms in total. The summed E-state index contributed by atoms with van der Waals surface area (Å²) in [4.78, 5) is 10.8. The zero-order valence-electron chi connectivity index (χ0n) is 14.9. The van der Waals surface area contributed by atoms with Gasteiger partial charge >= 0.3 is 5.69 Å². The lowest BCUT2D eigenvalue weighted by molar-refractivity contribution is -0.385. The maximum absolute atomic E-state index is 12.5. The first kappa shape index (κ1) is 18.6. The van der Waals surface area contributed by atoms with E-state index in [1.165, 1.54) is 6.07 Å². The van der Waals surface area contributed by atoms with Crippen molar-refractivity contribution in [2.45, 2.75) is 20.0 Å². The molecule has 8 heteroatoms. The first-order valence-electron chi connectivity index (χ1n) is 8.30. The number of nitro groups is 1. The Morgan fingerprint density at radius 3 is 2.42 bits per heavy atom. The fourth-order valence-electron chi connectivity index (χ4n) is 2.58. The lowest BCUT2D eigenvalue weighted by Gasteiger charge is -2.20. The molecule has 2 unspecified atom stereocenters. The number of benzene rings is 2. The summed E-state index contributed by atoms with van der Waals surface area (Å²) in [5, 5.41) is 11.3. The zero-order valence-corrected chi connectivity index (χ0v) is 15.8. The molecule has 138 valence electrons. The van der Waals surface area contributed by atoms with Crippen LogP contribution in [0.15, 0.2) is 42.5 Å². The topological polar surface area (TPSA) is 81.7 Å². The fourth-order valence-corrected chi connectivity index (χ4v) is 4.24. The van der Waals surface area contributed by atoms with Gasteiger partial charge < -0.3 is 9.26 Å². The molecule has 1 aliphatic rings. The van der Waals surface area contributed by atoms with Crippen molar-refractivity contribution in [2.75, 3.05) is 19.8 Å². The third-order valence-corrected chi connectivity index (χ3v) is 6.32. The highest BCUT2D eigenvalue weighted by atomic mass is 31.2. The van der Waals surface area contributed by atoms with E-state index in [-0.39, 0.29) is 11.4 Å². The van der Waals surface area contributed by atoms with Gasteiger partial charge in [0.25, 0.3) is 7.52 Å². The lowest BCUT2D eigenvalue weighted by atomic mass is 10.1. The summed E-state index contributed by atoms with van der Waals surface area (Å²) in [6, 6.07) is 11.8. The Morgan fingerprint density at radius 1 is 1.19 bits per heavy atom. The van der Waals surface area contributed by atoms with Crippen LogP contribution in [0.5, 0.6) is 11.5 Å². The van der Waals surface area contributed by atoms with Crippen molar-refractivity contribution >= 4 is 13.2 Å². The van der Waals surface area contributed by atoms with E-state index in [0.717, 1.165) is 18.7 Å². The van der Waals surface area contributed by atoms with Crippen molar-refractivity contribution in [3.63, 3.8) is 0 Å². The summed E-state index contributed by atoms with van der Waals surface area (Å²) >= 11 is 0. The maximum Gasteiger partial charge on any atom is 0.311 e. The second-order valence-corrected chi connectivity index (χ2v) is 8.79. The van der Waals surface area contributed by atoms with Gasteiger partial charge in [-0.3, -0.25) is 14.7 Å². The van der Waals surface area contributed by atoms with Gasteiger partial charge in [-0.1, -0.05) is 17.7 Å². The van der Waals surface area contributed by atoms with Crippen LogP contribution in [-0.4, -0.2) is 29.3 Å². The van der Waals surface area contributed by atoms with Crippen molar-refractivity contribution in [1.82, 2.24) is 4.67 Å². The molecule has 0 bridgehead atoms. The lowest BCUT2D eigenvalue weighted by Crippen LogP contribution is -2.04. The van der Waals surface area contributed by atoms with Crippen LogP contribution in [0.2, 0.25) is 0 Å². The Labute approximate surface area is 152 Å². The van der Waals surface area contributed by atoms with E-state index in [1.807, 2.05) is 19.1 Å². The molecule has 0 radical (unpaired) electrons. The van der Waals surface area contributed by atoms with Crippen LogP contribution in [-0.2, 0) is 9.09 Å². The van der Waals surface area contributed by atoms with Crippen molar-refractivity contribution in [1.29, 1.82) is 0 Å². The summed E-state index contributed by atoms with van der Waals surface area (Å²) in [7, 11) is -2.83. The minimum atomic E-state index is -2.83. The van der Waals surface area contributed by atoms with E-state index >= 15 is 0 Å². The maximum atomic E-state index is 12.5. The minimum Gasteiger partial charge on any atom is -0.450 e. The molecule has 0 aliphatic carbocycles. The molecule has 3 rings (SSSR count). The van der Waals surface area contributed by atoms with Crippen molar-refractivity contribution in [3.05, 3.63) is 63.7 Å². The molecule has 0 spiro atoms. The van der Waals surface area contributed by atoms with Crippen LogP contribution in [0.25, 0.3) is 0 Å². The van der Waals surface area contributed by atoms with Crippen LogP contribution in [0.4, 0.5) is 5.69 Å². The molecule has 1 aliphatic heterocycles. The Morgan fingerprint density at radius 2 is 1.85 bits per heavy atom. The van der Waals surface area contributed by atoms with E-state index in [1.54, 1.807) is 42.5 Å². The van der Waals surface area contributed by atoms with Crippen LogP contribution < -0.4 is 4.74 Å². The number of hydrogen-bond acceptors (Lipinski definition) is 5. The standard InChI is InChI=1S/C18H21N2O5P/c1-13-4-7-16(8-5-13)24-18-12-15(6-9-17(18)20(21)22)14(2)25-26(3,23)19-10-11-19/h4-9,12,14H,10-11H2,1-3H3. The number of nitrogens with zero attached hydrogens (tertiary/aromatic N) is 2. The normalized spacial score (nSPS) is 17.3. The van der Waals surface area contributed by atoms with Crippen molar-refractivity contribution in [2.24, 2.45) is 0 Å². The minimum absolute atomic E-state index is 0.129. The van der Waals surface area contributed by atoms with E-state index in [0.29, 0.717) is 11.3 Å². The smallest absolute Gasteiger partial charge is 0.311 e. The zero-order chi connectivity index (χ0) is 18.9. The first-order chi connectivity index (χ1) is 12.3. The molecule has 2 aromatic rings. The quantitative estimate of drug-likeness (QED) is 0.295. The second kappa shape index (κ2) is 7.19. The van der Waals surface area contributed by atoms with E-state index in [9.17, 15) is 14.7 Å². The molecular formula is C18H21N2O5P. The van der Waals surface area contributed by atoms with Gasteiger partial charge in [-0.25, -0.2) is 4.67 Å². The van der Waals surface area contributed by atoms with Gasteiger partial charge in [-0.15, -0.1) is 0 Å². The van der Waals surface area contributed by atoms with Gasteiger partial charge in [0.05, 0.1) is 11.0 Å². The summed E-state index contributed by atoms with van der Waals surface area (Å²) in [5.41, 5.74) is 1.60. The molecule has 26 heavy (non-hydrogen) atoms.